The summed E-state index contributed by atoms with van der Waals surface area (Å²) < 4.78 is 7.37. The minimum Gasteiger partial charge on any atom is -0.386 e. The largest absolute Gasteiger partial charge is 0.386 e. The molecular weight excluding hydrogens is 387 g/mol. The van der Waals surface area contributed by atoms with E-state index >= 15 is 0 Å². The number of aliphatic hydroxyl groups excluding tert-OH is 2. The average Bonchev–Trinajstić information content (AvgIpc) is 2.54. The summed E-state index contributed by atoms with van der Waals surface area (Å²) in [7, 11) is 4.26. The fraction of sp³-hybridized carbons (Fsp3) is 1.00. The van der Waals surface area contributed by atoms with E-state index in [4.69, 9.17) is 27.9 Å². The van der Waals surface area contributed by atoms with Gasteiger partial charge in [-0.25, -0.2) is 0 Å². The molecule has 5 nitrogen and oxygen atoms in total. The van der Waals surface area contributed by atoms with Gasteiger partial charge in [0.1, 0.15) is 38.4 Å². The van der Waals surface area contributed by atoms with Crippen molar-refractivity contribution in [2.45, 2.75) is 32.5 Å². The SMILES string of the molecule is CCC[N+](C)(CCOCC[N+](C)(CC)CC(O)CCl)CC(O)CCl.Cl. The van der Waals surface area contributed by atoms with Gasteiger partial charge < -0.3 is 23.9 Å². The fourth-order valence-corrected chi connectivity index (χ4v) is 3.20. The number of hydrogen-bond acceptors (Lipinski definition) is 3. The van der Waals surface area contributed by atoms with Gasteiger partial charge in [-0.1, -0.05) is 6.92 Å². The molecule has 0 aliphatic carbocycles. The highest BCUT2D eigenvalue weighted by atomic mass is 35.5. The van der Waals surface area contributed by atoms with Crippen LogP contribution in [0.4, 0.5) is 0 Å². The van der Waals surface area contributed by atoms with E-state index in [9.17, 15) is 10.2 Å². The van der Waals surface area contributed by atoms with E-state index in [1.54, 1.807) is 0 Å². The summed E-state index contributed by atoms with van der Waals surface area (Å²) in [5, 5.41) is 19.6. The second-order valence-electron chi connectivity index (χ2n) is 7.32. The van der Waals surface area contributed by atoms with Crippen molar-refractivity contribution in [3.63, 3.8) is 0 Å². The summed E-state index contributed by atoms with van der Waals surface area (Å²) in [6.07, 6.45) is 0.116. The van der Waals surface area contributed by atoms with Crippen LogP contribution in [0, 0.1) is 0 Å². The van der Waals surface area contributed by atoms with Crippen LogP contribution in [0.5, 0.6) is 0 Å². The predicted octanol–water partition coefficient (Wildman–Crippen LogP) is 1.95. The molecule has 2 N–H and O–H groups in total. The lowest BCUT2D eigenvalue weighted by Gasteiger charge is -2.36. The third-order valence-corrected chi connectivity index (χ3v) is 5.45. The quantitative estimate of drug-likeness (QED) is 0.239. The van der Waals surface area contributed by atoms with Crippen LogP contribution in [0.2, 0.25) is 0 Å². The molecule has 0 saturated heterocycles. The van der Waals surface area contributed by atoms with Gasteiger partial charge in [0.05, 0.1) is 52.2 Å². The Labute approximate surface area is 170 Å². The smallest absolute Gasteiger partial charge is 0.116 e. The third-order valence-electron chi connectivity index (χ3n) is 4.74. The Kier molecular flexibility index (Phi) is 16.4. The number of halogens is 3. The molecule has 0 aromatic rings. The number of quaternary nitrogens is 2. The van der Waals surface area contributed by atoms with Gasteiger partial charge >= 0.3 is 0 Å². The predicted molar refractivity (Wildman–Crippen MR) is 109 cm³/mol. The minimum atomic E-state index is -0.474. The second kappa shape index (κ2) is 14.7. The van der Waals surface area contributed by atoms with E-state index < -0.39 is 12.2 Å². The minimum absolute atomic E-state index is 0. The molecule has 154 valence electrons. The number of nitrogens with zero attached hydrogens (tertiary/aromatic N) is 2. The van der Waals surface area contributed by atoms with Crippen molar-refractivity contribution in [2.75, 3.05) is 78.3 Å². The first-order chi connectivity index (χ1) is 11.2. The lowest BCUT2D eigenvalue weighted by atomic mass is 10.2. The van der Waals surface area contributed by atoms with Crippen LogP contribution in [-0.4, -0.2) is 110 Å². The van der Waals surface area contributed by atoms with Crippen molar-refractivity contribution in [3.05, 3.63) is 0 Å². The van der Waals surface area contributed by atoms with Crippen molar-refractivity contribution in [2.24, 2.45) is 0 Å². The Bertz CT molecular complexity index is 330. The first-order valence-electron chi connectivity index (χ1n) is 8.97. The van der Waals surface area contributed by atoms with Crippen LogP contribution >= 0.6 is 35.6 Å². The summed E-state index contributed by atoms with van der Waals surface area (Å²) in [5.41, 5.74) is 0. The Balaban J connectivity index is 0. The summed E-state index contributed by atoms with van der Waals surface area (Å²) in [6.45, 7) is 10.5. The lowest BCUT2D eigenvalue weighted by molar-refractivity contribution is -0.915. The zero-order chi connectivity index (χ0) is 18.6. The molecule has 0 rings (SSSR count). The molecule has 0 bridgehead atoms. The van der Waals surface area contributed by atoms with E-state index in [1.807, 2.05) is 0 Å². The molecule has 8 heteroatoms. The number of rotatable bonds is 15. The monoisotopic (exact) mass is 424 g/mol. The Morgan fingerprint density at radius 2 is 1.28 bits per heavy atom. The maximum Gasteiger partial charge on any atom is 0.116 e. The number of alkyl halides is 2. The zero-order valence-electron chi connectivity index (χ0n) is 16.3. The van der Waals surface area contributed by atoms with E-state index in [2.05, 4.69) is 27.9 Å². The van der Waals surface area contributed by atoms with Gasteiger partial charge in [-0.3, -0.25) is 0 Å². The van der Waals surface area contributed by atoms with Crippen molar-refractivity contribution in [3.8, 4) is 0 Å². The van der Waals surface area contributed by atoms with E-state index in [0.29, 0.717) is 26.3 Å². The highest BCUT2D eigenvalue weighted by Crippen LogP contribution is 2.08. The maximum absolute atomic E-state index is 9.84. The molecule has 0 spiro atoms. The topological polar surface area (TPSA) is 49.7 Å². The van der Waals surface area contributed by atoms with E-state index in [0.717, 1.165) is 41.6 Å². The summed E-state index contributed by atoms with van der Waals surface area (Å²) in [4.78, 5) is 0. The average molecular weight is 426 g/mol. The van der Waals surface area contributed by atoms with Gasteiger partial charge in [-0.15, -0.1) is 35.6 Å². The van der Waals surface area contributed by atoms with Crippen LogP contribution < -0.4 is 0 Å². The van der Waals surface area contributed by atoms with Crippen LogP contribution in [0.15, 0.2) is 0 Å². The van der Waals surface area contributed by atoms with Crippen molar-refractivity contribution in [1.29, 1.82) is 0 Å². The van der Waals surface area contributed by atoms with Gasteiger partial charge in [0.15, 0.2) is 0 Å². The molecule has 25 heavy (non-hydrogen) atoms. The van der Waals surface area contributed by atoms with Crippen LogP contribution in [-0.2, 0) is 4.74 Å². The molecule has 4 atom stereocenters. The molecule has 0 aliphatic rings. The van der Waals surface area contributed by atoms with Crippen LogP contribution in [0.3, 0.4) is 0 Å². The molecule has 0 saturated carbocycles. The molecule has 0 amide bonds. The molecule has 0 fully saturated rings. The normalized spacial score (nSPS) is 18.7. The highest BCUT2D eigenvalue weighted by molar-refractivity contribution is 6.18. The van der Waals surface area contributed by atoms with Gasteiger partial charge in [0.2, 0.25) is 0 Å². The fourth-order valence-electron chi connectivity index (χ4n) is 3.00. The molecule has 0 heterocycles. The first kappa shape index (κ1) is 27.9. The van der Waals surface area contributed by atoms with Crippen LogP contribution in [0.1, 0.15) is 20.3 Å². The van der Waals surface area contributed by atoms with E-state index in [-0.39, 0.29) is 24.2 Å². The van der Waals surface area contributed by atoms with Gasteiger partial charge in [0, 0.05) is 0 Å². The molecular formula is C17H39Cl3N2O3+2. The van der Waals surface area contributed by atoms with Gasteiger partial charge in [0.25, 0.3) is 0 Å². The van der Waals surface area contributed by atoms with E-state index in [1.165, 1.54) is 0 Å². The second-order valence-corrected chi connectivity index (χ2v) is 7.94. The highest BCUT2D eigenvalue weighted by Gasteiger charge is 2.25. The third kappa shape index (κ3) is 12.6. The van der Waals surface area contributed by atoms with Crippen molar-refractivity contribution in [1.82, 2.24) is 0 Å². The maximum atomic E-state index is 9.84. The number of ether oxygens (including phenoxy) is 1. The lowest BCUT2D eigenvalue weighted by Crippen LogP contribution is -2.52. The molecule has 0 radical (unpaired) electrons. The standard InChI is InChI=1S/C17H38Cl2N2O3.ClH/c1-5-7-21(4,15-17(23)13-19)9-11-24-10-8-20(3,6-2)14-16(22)12-18;/h16-17,22-23H,5-15H2,1-4H3;1H/q+2;. The molecule has 4 unspecified atom stereocenters. The molecule has 0 aromatic heterocycles. The van der Waals surface area contributed by atoms with Crippen molar-refractivity contribution < 1.29 is 23.9 Å². The summed E-state index contributed by atoms with van der Waals surface area (Å²) >= 11 is 11.4. The molecule has 0 aromatic carbocycles. The number of likely N-dealkylation sites (N-methyl/N-ethyl adjacent to an activating group) is 2. The number of hydrogen-bond donors (Lipinski definition) is 2. The van der Waals surface area contributed by atoms with Crippen molar-refractivity contribution >= 4 is 35.6 Å². The number of aliphatic hydroxyl groups is 2. The van der Waals surface area contributed by atoms with Gasteiger partial charge in [-0.05, 0) is 13.3 Å². The van der Waals surface area contributed by atoms with Gasteiger partial charge in [-0.2, -0.15) is 0 Å². The summed E-state index contributed by atoms with van der Waals surface area (Å²) in [6, 6.07) is 0. The van der Waals surface area contributed by atoms with Crippen LogP contribution in [0.25, 0.3) is 0 Å². The molecule has 0 aliphatic heterocycles. The Hall–Kier alpha value is 0.670. The Morgan fingerprint density at radius 3 is 1.68 bits per heavy atom. The summed E-state index contributed by atoms with van der Waals surface area (Å²) in [5.74, 6) is 0.540. The Morgan fingerprint density at radius 1 is 0.840 bits per heavy atom. The first-order valence-corrected chi connectivity index (χ1v) is 10.0. The zero-order valence-corrected chi connectivity index (χ0v) is 18.6.